The number of hydrogen-bond donors (Lipinski definition) is 2. The first-order valence-electron chi connectivity index (χ1n) is 6.56. The predicted octanol–water partition coefficient (Wildman–Crippen LogP) is -0.710. The molecule has 0 spiro atoms. The highest BCUT2D eigenvalue weighted by Gasteiger charge is 2.28. The Bertz CT molecular complexity index is 250. The molecule has 5 heteroatoms. The van der Waals surface area contributed by atoms with E-state index >= 15 is 0 Å². The van der Waals surface area contributed by atoms with E-state index in [-0.39, 0.29) is 11.8 Å². The van der Waals surface area contributed by atoms with Crippen molar-refractivity contribution in [3.05, 3.63) is 0 Å². The van der Waals surface area contributed by atoms with E-state index in [1.165, 1.54) is 0 Å². The molecule has 0 aromatic carbocycles. The zero-order valence-corrected chi connectivity index (χ0v) is 10.6. The Balaban J connectivity index is 1.58. The minimum Gasteiger partial charge on any atom is -0.379 e. The molecule has 98 valence electrons. The molecule has 0 bridgehead atoms. The van der Waals surface area contributed by atoms with E-state index in [0.717, 1.165) is 52.5 Å². The van der Waals surface area contributed by atoms with Gasteiger partial charge in [0.25, 0.3) is 0 Å². The van der Waals surface area contributed by atoms with Crippen LogP contribution in [0.15, 0.2) is 0 Å². The molecule has 5 nitrogen and oxygen atoms in total. The summed E-state index contributed by atoms with van der Waals surface area (Å²) in [5.74, 6) is 0.865. The average molecular weight is 241 g/mol. The van der Waals surface area contributed by atoms with Gasteiger partial charge in [0.1, 0.15) is 0 Å². The fraction of sp³-hybridized carbons (Fsp3) is 0.917. The number of hydrogen-bond acceptors (Lipinski definition) is 4. The molecule has 0 aliphatic carbocycles. The maximum atomic E-state index is 11.8. The first-order valence-corrected chi connectivity index (χ1v) is 6.56. The molecule has 0 radical (unpaired) electrons. The van der Waals surface area contributed by atoms with Crippen LogP contribution in [-0.4, -0.2) is 63.3 Å². The number of nitrogens with one attached hydrogen (secondary N) is 2. The number of amides is 1. The SMILES string of the molecule is CC(C(=O)NCCN1CCOCC1)C1CNC1. The van der Waals surface area contributed by atoms with Crippen LogP contribution in [0.2, 0.25) is 0 Å². The van der Waals surface area contributed by atoms with E-state index < -0.39 is 0 Å². The Morgan fingerprint density at radius 1 is 1.47 bits per heavy atom. The van der Waals surface area contributed by atoms with E-state index in [4.69, 9.17) is 4.74 Å². The number of carbonyl (C=O) groups excluding carboxylic acids is 1. The molecule has 0 aromatic heterocycles. The van der Waals surface area contributed by atoms with Crippen LogP contribution in [0.3, 0.4) is 0 Å². The Hall–Kier alpha value is -0.650. The normalized spacial score (nSPS) is 24.1. The van der Waals surface area contributed by atoms with Gasteiger partial charge in [-0.15, -0.1) is 0 Å². The second kappa shape index (κ2) is 6.33. The van der Waals surface area contributed by atoms with E-state index in [0.29, 0.717) is 5.92 Å². The number of ether oxygens (including phenoxy) is 1. The summed E-state index contributed by atoms with van der Waals surface area (Å²) in [6.07, 6.45) is 0. The third kappa shape index (κ3) is 3.66. The first-order chi connectivity index (χ1) is 8.27. The van der Waals surface area contributed by atoms with Gasteiger partial charge in [0.15, 0.2) is 0 Å². The molecular weight excluding hydrogens is 218 g/mol. The van der Waals surface area contributed by atoms with Gasteiger partial charge in [-0.25, -0.2) is 0 Å². The van der Waals surface area contributed by atoms with Crippen molar-refractivity contribution >= 4 is 5.91 Å². The maximum absolute atomic E-state index is 11.8. The Kier molecular flexibility index (Phi) is 4.76. The van der Waals surface area contributed by atoms with Crippen LogP contribution in [0.5, 0.6) is 0 Å². The molecule has 2 aliphatic heterocycles. The topological polar surface area (TPSA) is 53.6 Å². The van der Waals surface area contributed by atoms with Crippen molar-refractivity contribution < 1.29 is 9.53 Å². The lowest BCUT2D eigenvalue weighted by atomic mass is 9.88. The highest BCUT2D eigenvalue weighted by atomic mass is 16.5. The molecule has 0 saturated carbocycles. The molecule has 1 unspecified atom stereocenters. The van der Waals surface area contributed by atoms with Gasteiger partial charge >= 0.3 is 0 Å². The number of carbonyl (C=O) groups is 1. The highest BCUT2D eigenvalue weighted by Crippen LogP contribution is 2.15. The van der Waals surface area contributed by atoms with Gasteiger partial charge in [-0.05, 0) is 19.0 Å². The summed E-state index contributed by atoms with van der Waals surface area (Å²) < 4.78 is 5.28. The predicted molar refractivity (Wildman–Crippen MR) is 65.8 cm³/mol. The van der Waals surface area contributed by atoms with E-state index in [1.807, 2.05) is 6.92 Å². The van der Waals surface area contributed by atoms with Crippen LogP contribution in [0, 0.1) is 11.8 Å². The third-order valence-electron chi connectivity index (χ3n) is 3.76. The van der Waals surface area contributed by atoms with Gasteiger partial charge in [-0.2, -0.15) is 0 Å². The summed E-state index contributed by atoms with van der Waals surface area (Å²) in [6, 6.07) is 0. The second-order valence-electron chi connectivity index (χ2n) is 4.95. The number of nitrogens with zero attached hydrogens (tertiary/aromatic N) is 1. The summed E-state index contributed by atoms with van der Waals surface area (Å²) in [4.78, 5) is 14.2. The van der Waals surface area contributed by atoms with Crippen LogP contribution in [0.1, 0.15) is 6.92 Å². The van der Waals surface area contributed by atoms with Crippen molar-refractivity contribution in [2.45, 2.75) is 6.92 Å². The monoisotopic (exact) mass is 241 g/mol. The molecule has 2 N–H and O–H groups in total. The van der Waals surface area contributed by atoms with Crippen molar-refractivity contribution in [2.75, 3.05) is 52.5 Å². The van der Waals surface area contributed by atoms with Crippen molar-refractivity contribution in [3.8, 4) is 0 Å². The zero-order chi connectivity index (χ0) is 12.1. The van der Waals surface area contributed by atoms with Crippen molar-refractivity contribution in [1.29, 1.82) is 0 Å². The first kappa shape index (κ1) is 12.8. The van der Waals surface area contributed by atoms with Crippen LogP contribution in [0.4, 0.5) is 0 Å². The largest absolute Gasteiger partial charge is 0.379 e. The molecule has 17 heavy (non-hydrogen) atoms. The lowest BCUT2D eigenvalue weighted by molar-refractivity contribution is -0.126. The van der Waals surface area contributed by atoms with Gasteiger partial charge < -0.3 is 15.4 Å². The molecule has 1 atom stereocenters. The zero-order valence-electron chi connectivity index (χ0n) is 10.6. The highest BCUT2D eigenvalue weighted by molar-refractivity contribution is 5.78. The van der Waals surface area contributed by atoms with E-state index in [1.54, 1.807) is 0 Å². The molecular formula is C12H23N3O2. The van der Waals surface area contributed by atoms with Crippen LogP contribution >= 0.6 is 0 Å². The lowest BCUT2D eigenvalue weighted by Crippen LogP contribution is -2.50. The molecule has 2 heterocycles. The molecule has 2 saturated heterocycles. The number of rotatable bonds is 5. The van der Waals surface area contributed by atoms with Crippen LogP contribution in [-0.2, 0) is 9.53 Å². The summed E-state index contributed by atoms with van der Waals surface area (Å²) in [5, 5.41) is 6.23. The molecule has 0 aromatic rings. The number of morpholine rings is 1. The van der Waals surface area contributed by atoms with Gasteiger partial charge in [0.05, 0.1) is 13.2 Å². The lowest BCUT2D eigenvalue weighted by Gasteiger charge is -2.32. The quantitative estimate of drug-likeness (QED) is 0.668. The van der Waals surface area contributed by atoms with Crippen molar-refractivity contribution in [1.82, 2.24) is 15.5 Å². The van der Waals surface area contributed by atoms with Crippen LogP contribution < -0.4 is 10.6 Å². The fourth-order valence-electron chi connectivity index (χ4n) is 2.20. The standard InChI is InChI=1S/C12H23N3O2/c1-10(11-8-13-9-11)12(16)14-2-3-15-4-6-17-7-5-15/h10-11,13H,2-9H2,1H3,(H,14,16). The second-order valence-corrected chi connectivity index (χ2v) is 4.95. The fourth-order valence-corrected chi connectivity index (χ4v) is 2.20. The Labute approximate surface area is 103 Å². The summed E-state index contributed by atoms with van der Waals surface area (Å²) in [7, 11) is 0. The van der Waals surface area contributed by atoms with Gasteiger partial charge in [0.2, 0.25) is 5.91 Å². The third-order valence-corrected chi connectivity index (χ3v) is 3.76. The molecule has 2 rings (SSSR count). The molecule has 2 fully saturated rings. The Morgan fingerprint density at radius 2 is 2.18 bits per heavy atom. The van der Waals surface area contributed by atoms with E-state index in [2.05, 4.69) is 15.5 Å². The van der Waals surface area contributed by atoms with Gasteiger partial charge in [-0.3, -0.25) is 9.69 Å². The van der Waals surface area contributed by atoms with Gasteiger partial charge in [0, 0.05) is 32.1 Å². The summed E-state index contributed by atoms with van der Waals surface area (Å²) in [6.45, 7) is 9.28. The molecule has 1 amide bonds. The summed E-state index contributed by atoms with van der Waals surface area (Å²) >= 11 is 0. The minimum absolute atomic E-state index is 0.140. The average Bonchev–Trinajstić information content (AvgIpc) is 2.28. The van der Waals surface area contributed by atoms with E-state index in [9.17, 15) is 4.79 Å². The smallest absolute Gasteiger partial charge is 0.223 e. The summed E-state index contributed by atoms with van der Waals surface area (Å²) in [5.41, 5.74) is 0. The Morgan fingerprint density at radius 3 is 2.76 bits per heavy atom. The minimum atomic E-state index is 0.140. The van der Waals surface area contributed by atoms with Gasteiger partial charge in [-0.1, -0.05) is 6.92 Å². The van der Waals surface area contributed by atoms with Crippen molar-refractivity contribution in [3.63, 3.8) is 0 Å². The maximum Gasteiger partial charge on any atom is 0.223 e. The van der Waals surface area contributed by atoms with Crippen LogP contribution in [0.25, 0.3) is 0 Å². The van der Waals surface area contributed by atoms with Crippen molar-refractivity contribution in [2.24, 2.45) is 11.8 Å². The molecule has 2 aliphatic rings.